The van der Waals surface area contributed by atoms with Crippen LogP contribution in [0.1, 0.15) is 38.4 Å². The van der Waals surface area contributed by atoms with E-state index in [4.69, 9.17) is 0 Å². The summed E-state index contributed by atoms with van der Waals surface area (Å²) in [7, 11) is -3.49. The summed E-state index contributed by atoms with van der Waals surface area (Å²) in [5, 5.41) is 7.59. The number of nitrogens with zero attached hydrogens (tertiary/aromatic N) is 2. The summed E-state index contributed by atoms with van der Waals surface area (Å²) in [6.45, 7) is 4.95. The van der Waals surface area contributed by atoms with Gasteiger partial charge in [0.1, 0.15) is 0 Å². The number of aryl methyl sites for hydroxylation is 1. The minimum Gasteiger partial charge on any atom is -0.348 e. The van der Waals surface area contributed by atoms with E-state index in [1.54, 1.807) is 54.6 Å². The van der Waals surface area contributed by atoms with Crippen molar-refractivity contribution in [3.8, 4) is 0 Å². The van der Waals surface area contributed by atoms with Crippen molar-refractivity contribution in [2.24, 2.45) is 0 Å². The van der Waals surface area contributed by atoms with E-state index in [1.165, 1.54) is 0 Å². The fourth-order valence-corrected chi connectivity index (χ4v) is 5.26. The molecule has 1 aromatic heterocycles. The summed E-state index contributed by atoms with van der Waals surface area (Å²) >= 11 is 0. The Morgan fingerprint density at radius 3 is 2.24 bits per heavy atom. The standard InChI is InChI=1S/C27H27N3O3S/c1-20-26(21(2)30(29-20)18-22-10-5-3-6-11-22)17-28-27(31)24-13-9-12-23(16-24)19-34(32,33)25-14-7-4-8-15-25/h3-16H,17-19H2,1-2H3,(H,28,31). The number of hydrogen-bond acceptors (Lipinski definition) is 4. The lowest BCUT2D eigenvalue weighted by atomic mass is 10.1. The van der Waals surface area contributed by atoms with E-state index >= 15 is 0 Å². The second-order valence-corrected chi connectivity index (χ2v) is 10.2. The molecule has 6 nitrogen and oxygen atoms in total. The Bertz CT molecular complexity index is 1400. The van der Waals surface area contributed by atoms with Gasteiger partial charge in [-0.2, -0.15) is 5.10 Å². The van der Waals surface area contributed by atoms with E-state index in [-0.39, 0.29) is 16.6 Å². The largest absolute Gasteiger partial charge is 0.348 e. The first-order valence-electron chi connectivity index (χ1n) is 11.1. The molecule has 0 aliphatic heterocycles. The van der Waals surface area contributed by atoms with Crippen LogP contribution in [0.2, 0.25) is 0 Å². The molecule has 0 saturated heterocycles. The van der Waals surface area contributed by atoms with Crippen LogP contribution in [-0.2, 0) is 28.7 Å². The number of benzene rings is 3. The second kappa shape index (κ2) is 10.1. The molecule has 34 heavy (non-hydrogen) atoms. The zero-order chi connectivity index (χ0) is 24.1. The highest BCUT2D eigenvalue weighted by Crippen LogP contribution is 2.18. The fraction of sp³-hybridized carbons (Fsp3) is 0.185. The molecule has 0 saturated carbocycles. The number of aromatic nitrogens is 2. The summed E-state index contributed by atoms with van der Waals surface area (Å²) in [4.78, 5) is 13.1. The van der Waals surface area contributed by atoms with Crippen molar-refractivity contribution < 1.29 is 13.2 Å². The average molecular weight is 474 g/mol. The van der Waals surface area contributed by atoms with Crippen LogP contribution in [0.3, 0.4) is 0 Å². The Morgan fingerprint density at radius 1 is 0.882 bits per heavy atom. The zero-order valence-electron chi connectivity index (χ0n) is 19.2. The molecule has 0 radical (unpaired) electrons. The van der Waals surface area contributed by atoms with Gasteiger partial charge in [-0.1, -0.05) is 60.7 Å². The first-order valence-corrected chi connectivity index (χ1v) is 12.7. The zero-order valence-corrected chi connectivity index (χ0v) is 20.0. The van der Waals surface area contributed by atoms with Gasteiger partial charge in [0.25, 0.3) is 5.91 Å². The Morgan fingerprint density at radius 2 is 1.53 bits per heavy atom. The summed E-state index contributed by atoms with van der Waals surface area (Å²) in [6.07, 6.45) is 0. The maximum absolute atomic E-state index is 12.8. The Kier molecular flexibility index (Phi) is 6.93. The monoisotopic (exact) mass is 473 g/mol. The van der Waals surface area contributed by atoms with Gasteiger partial charge in [-0.3, -0.25) is 9.48 Å². The van der Waals surface area contributed by atoms with E-state index in [0.29, 0.717) is 24.2 Å². The van der Waals surface area contributed by atoms with Crippen LogP contribution in [0.15, 0.2) is 89.8 Å². The molecule has 174 valence electrons. The first kappa shape index (κ1) is 23.4. The average Bonchev–Trinajstić information content (AvgIpc) is 3.10. The lowest BCUT2D eigenvalue weighted by Crippen LogP contribution is -2.23. The van der Waals surface area contributed by atoms with Gasteiger partial charge in [-0.15, -0.1) is 0 Å². The Labute approximate surface area is 200 Å². The molecule has 0 spiro atoms. The third kappa shape index (κ3) is 5.43. The van der Waals surface area contributed by atoms with Crippen LogP contribution < -0.4 is 5.32 Å². The molecule has 0 aliphatic carbocycles. The predicted octanol–water partition coefficient (Wildman–Crippen LogP) is 4.45. The van der Waals surface area contributed by atoms with Crippen LogP contribution in [0, 0.1) is 13.8 Å². The Hall–Kier alpha value is -3.71. The number of rotatable bonds is 8. The second-order valence-electron chi connectivity index (χ2n) is 8.25. The van der Waals surface area contributed by atoms with E-state index < -0.39 is 9.84 Å². The van der Waals surface area contributed by atoms with Gasteiger partial charge in [0.15, 0.2) is 9.84 Å². The summed E-state index contributed by atoms with van der Waals surface area (Å²) in [5.74, 6) is -0.420. The van der Waals surface area contributed by atoms with Crippen molar-refractivity contribution in [2.75, 3.05) is 0 Å². The Balaban J connectivity index is 1.44. The van der Waals surface area contributed by atoms with E-state index in [2.05, 4.69) is 22.5 Å². The number of carbonyl (C=O) groups excluding carboxylic acids is 1. The lowest BCUT2D eigenvalue weighted by Gasteiger charge is -2.09. The topological polar surface area (TPSA) is 81.1 Å². The molecule has 0 fully saturated rings. The fourth-order valence-electron chi connectivity index (χ4n) is 3.90. The minimum atomic E-state index is -3.49. The van der Waals surface area contributed by atoms with E-state index in [9.17, 15) is 13.2 Å². The number of hydrogen-bond donors (Lipinski definition) is 1. The number of amides is 1. The van der Waals surface area contributed by atoms with Crippen molar-refractivity contribution in [3.05, 3.63) is 119 Å². The highest BCUT2D eigenvalue weighted by molar-refractivity contribution is 7.90. The number of carbonyl (C=O) groups is 1. The molecule has 0 atom stereocenters. The smallest absolute Gasteiger partial charge is 0.251 e. The minimum absolute atomic E-state index is 0.164. The van der Waals surface area contributed by atoms with Gasteiger partial charge in [-0.25, -0.2) is 8.42 Å². The van der Waals surface area contributed by atoms with Gasteiger partial charge in [0, 0.05) is 23.4 Å². The van der Waals surface area contributed by atoms with Crippen molar-refractivity contribution in [1.82, 2.24) is 15.1 Å². The molecule has 3 aromatic carbocycles. The molecular formula is C27H27N3O3S. The van der Waals surface area contributed by atoms with Crippen LogP contribution in [0.4, 0.5) is 0 Å². The molecule has 7 heteroatoms. The van der Waals surface area contributed by atoms with Gasteiger partial charge >= 0.3 is 0 Å². The SMILES string of the molecule is Cc1nn(Cc2ccccc2)c(C)c1CNC(=O)c1cccc(CS(=O)(=O)c2ccccc2)c1. The molecular weight excluding hydrogens is 446 g/mol. The highest BCUT2D eigenvalue weighted by atomic mass is 32.2. The van der Waals surface area contributed by atoms with Crippen LogP contribution in [-0.4, -0.2) is 24.1 Å². The molecule has 4 rings (SSSR count). The number of nitrogens with one attached hydrogen (secondary N) is 1. The summed E-state index contributed by atoms with van der Waals surface area (Å²) < 4.78 is 27.3. The maximum atomic E-state index is 12.8. The van der Waals surface area contributed by atoms with Crippen molar-refractivity contribution in [3.63, 3.8) is 0 Å². The van der Waals surface area contributed by atoms with Crippen molar-refractivity contribution in [2.45, 2.75) is 37.6 Å². The molecule has 1 N–H and O–H groups in total. The lowest BCUT2D eigenvalue weighted by molar-refractivity contribution is 0.0950. The van der Waals surface area contributed by atoms with Crippen LogP contribution in [0.5, 0.6) is 0 Å². The third-order valence-electron chi connectivity index (χ3n) is 5.78. The third-order valence-corrected chi connectivity index (χ3v) is 7.48. The molecule has 0 bridgehead atoms. The molecule has 1 heterocycles. The molecule has 0 aliphatic rings. The van der Waals surface area contributed by atoms with Gasteiger partial charge < -0.3 is 5.32 Å². The van der Waals surface area contributed by atoms with Crippen LogP contribution in [0.25, 0.3) is 0 Å². The summed E-state index contributed by atoms with van der Waals surface area (Å²) in [5.41, 5.74) is 5.01. The molecule has 0 unspecified atom stereocenters. The molecule has 4 aromatic rings. The summed E-state index contributed by atoms with van der Waals surface area (Å²) in [6, 6.07) is 25.2. The van der Waals surface area contributed by atoms with Gasteiger partial charge in [0.2, 0.25) is 0 Å². The highest BCUT2D eigenvalue weighted by Gasteiger charge is 2.17. The van der Waals surface area contributed by atoms with Gasteiger partial charge in [0.05, 0.1) is 22.9 Å². The maximum Gasteiger partial charge on any atom is 0.251 e. The number of sulfone groups is 1. The van der Waals surface area contributed by atoms with Gasteiger partial charge in [-0.05, 0) is 49.2 Å². The van der Waals surface area contributed by atoms with E-state index in [0.717, 1.165) is 22.5 Å². The van der Waals surface area contributed by atoms with Crippen LogP contribution >= 0.6 is 0 Å². The normalized spacial score (nSPS) is 11.4. The predicted molar refractivity (Wildman–Crippen MR) is 132 cm³/mol. The quantitative estimate of drug-likeness (QED) is 0.410. The molecule has 1 amide bonds. The van der Waals surface area contributed by atoms with E-state index in [1.807, 2.05) is 36.7 Å². The first-order chi connectivity index (χ1) is 16.3. The van der Waals surface area contributed by atoms with Crippen molar-refractivity contribution in [1.29, 1.82) is 0 Å². The van der Waals surface area contributed by atoms with Crippen molar-refractivity contribution >= 4 is 15.7 Å².